The van der Waals surface area contributed by atoms with Gasteiger partial charge in [0.1, 0.15) is 0 Å². The van der Waals surface area contributed by atoms with Gasteiger partial charge in [-0.2, -0.15) is 0 Å². The summed E-state index contributed by atoms with van der Waals surface area (Å²) in [6, 6.07) is 7.27. The standard InChI is InChI=1S/C18H21N3O2S/c1-4-10-19-16(22)12-24-18-20-15-8-6-5-7-14(15)17(23)21(18)11-9-13(2)3/h1,5-8,13H,9-12H2,2-3H3,(H,19,22). The maximum atomic E-state index is 12.8. The van der Waals surface area contributed by atoms with Gasteiger partial charge in [0.25, 0.3) is 5.56 Å². The monoisotopic (exact) mass is 343 g/mol. The van der Waals surface area contributed by atoms with Crippen LogP contribution in [-0.4, -0.2) is 27.8 Å². The second-order valence-corrected chi connectivity index (χ2v) is 6.76. The van der Waals surface area contributed by atoms with Crippen LogP contribution in [0.15, 0.2) is 34.2 Å². The zero-order chi connectivity index (χ0) is 17.5. The van der Waals surface area contributed by atoms with Crippen molar-refractivity contribution in [2.24, 2.45) is 5.92 Å². The SMILES string of the molecule is C#CCNC(=O)CSc1nc2ccccc2c(=O)n1CCC(C)C. The predicted octanol–water partition coefficient (Wildman–Crippen LogP) is 2.28. The number of nitrogens with zero attached hydrogens (tertiary/aromatic N) is 2. The number of hydrogen-bond donors (Lipinski definition) is 1. The van der Waals surface area contributed by atoms with Gasteiger partial charge >= 0.3 is 0 Å². The normalized spacial score (nSPS) is 10.8. The first kappa shape index (κ1) is 18.1. The highest BCUT2D eigenvalue weighted by Crippen LogP contribution is 2.18. The number of fused-ring (bicyclic) bond motifs is 1. The van der Waals surface area contributed by atoms with E-state index >= 15 is 0 Å². The van der Waals surface area contributed by atoms with Crippen molar-refractivity contribution in [3.05, 3.63) is 34.6 Å². The third-order valence-corrected chi connectivity index (χ3v) is 4.45. The summed E-state index contributed by atoms with van der Waals surface area (Å²) in [5.74, 6) is 2.84. The van der Waals surface area contributed by atoms with Crippen molar-refractivity contribution >= 4 is 28.6 Å². The highest BCUT2D eigenvalue weighted by molar-refractivity contribution is 7.99. The van der Waals surface area contributed by atoms with Crippen LogP contribution >= 0.6 is 11.8 Å². The van der Waals surface area contributed by atoms with Gasteiger partial charge in [-0.3, -0.25) is 14.2 Å². The minimum atomic E-state index is -0.171. The number of thioether (sulfide) groups is 1. The van der Waals surface area contributed by atoms with Crippen LogP contribution < -0.4 is 10.9 Å². The maximum Gasteiger partial charge on any atom is 0.262 e. The quantitative estimate of drug-likeness (QED) is 0.476. The van der Waals surface area contributed by atoms with Gasteiger partial charge in [-0.05, 0) is 24.5 Å². The van der Waals surface area contributed by atoms with Gasteiger partial charge in [0.15, 0.2) is 5.16 Å². The molecule has 0 saturated heterocycles. The highest BCUT2D eigenvalue weighted by atomic mass is 32.2. The summed E-state index contributed by atoms with van der Waals surface area (Å²) in [7, 11) is 0. The van der Waals surface area contributed by atoms with E-state index in [1.54, 1.807) is 10.6 Å². The molecular formula is C18H21N3O2S. The number of para-hydroxylation sites is 1. The Kier molecular flexibility index (Phi) is 6.44. The van der Waals surface area contributed by atoms with Crippen LogP contribution in [0.5, 0.6) is 0 Å². The van der Waals surface area contributed by atoms with Gasteiger partial charge in [0, 0.05) is 6.54 Å². The van der Waals surface area contributed by atoms with E-state index in [0.29, 0.717) is 28.5 Å². The molecular weight excluding hydrogens is 322 g/mol. The van der Waals surface area contributed by atoms with Crippen molar-refractivity contribution < 1.29 is 4.79 Å². The lowest BCUT2D eigenvalue weighted by atomic mass is 10.1. The molecule has 0 spiro atoms. The van der Waals surface area contributed by atoms with Crippen molar-refractivity contribution in [3.63, 3.8) is 0 Å². The van der Waals surface area contributed by atoms with Gasteiger partial charge in [-0.1, -0.05) is 43.7 Å². The van der Waals surface area contributed by atoms with Crippen molar-refractivity contribution in [2.75, 3.05) is 12.3 Å². The molecule has 1 heterocycles. The molecule has 0 radical (unpaired) electrons. The van der Waals surface area contributed by atoms with Crippen LogP contribution in [0.25, 0.3) is 10.9 Å². The fraction of sp³-hybridized carbons (Fsp3) is 0.389. The lowest BCUT2D eigenvalue weighted by Crippen LogP contribution is -2.27. The first-order chi connectivity index (χ1) is 11.5. The molecule has 126 valence electrons. The Labute approximate surface area is 145 Å². The number of amides is 1. The Morgan fingerprint density at radius 1 is 1.42 bits per heavy atom. The first-order valence-electron chi connectivity index (χ1n) is 7.85. The smallest absolute Gasteiger partial charge is 0.262 e. The molecule has 0 atom stereocenters. The van der Waals surface area contributed by atoms with E-state index in [1.165, 1.54) is 11.8 Å². The van der Waals surface area contributed by atoms with E-state index in [4.69, 9.17) is 6.42 Å². The zero-order valence-corrected chi connectivity index (χ0v) is 14.7. The second-order valence-electron chi connectivity index (χ2n) is 5.82. The van der Waals surface area contributed by atoms with Crippen LogP contribution in [0.3, 0.4) is 0 Å². The Morgan fingerprint density at radius 3 is 2.88 bits per heavy atom. The van der Waals surface area contributed by atoms with Crippen molar-refractivity contribution in [3.8, 4) is 12.3 Å². The third kappa shape index (κ3) is 4.62. The van der Waals surface area contributed by atoms with E-state index in [2.05, 4.69) is 30.1 Å². The van der Waals surface area contributed by atoms with Crippen LogP contribution in [0, 0.1) is 18.3 Å². The van der Waals surface area contributed by atoms with Crippen molar-refractivity contribution in [1.29, 1.82) is 0 Å². The molecule has 1 N–H and O–H groups in total. The van der Waals surface area contributed by atoms with E-state index in [0.717, 1.165) is 6.42 Å². The highest BCUT2D eigenvalue weighted by Gasteiger charge is 2.13. The van der Waals surface area contributed by atoms with Crippen LogP contribution in [-0.2, 0) is 11.3 Å². The molecule has 1 aromatic carbocycles. The molecule has 0 aliphatic heterocycles. The van der Waals surface area contributed by atoms with Gasteiger partial charge in [0.2, 0.25) is 5.91 Å². The van der Waals surface area contributed by atoms with Crippen molar-refractivity contribution in [1.82, 2.24) is 14.9 Å². The summed E-state index contributed by atoms with van der Waals surface area (Å²) >= 11 is 1.26. The number of aromatic nitrogens is 2. The Balaban J connectivity index is 2.31. The second kappa shape index (κ2) is 8.55. The fourth-order valence-electron chi connectivity index (χ4n) is 2.17. The minimum Gasteiger partial charge on any atom is -0.344 e. The number of benzene rings is 1. The van der Waals surface area contributed by atoms with Crippen LogP contribution in [0.4, 0.5) is 0 Å². The van der Waals surface area contributed by atoms with Gasteiger partial charge < -0.3 is 5.32 Å². The predicted molar refractivity (Wildman–Crippen MR) is 98.0 cm³/mol. The number of hydrogen-bond acceptors (Lipinski definition) is 4. The molecule has 2 rings (SSSR count). The summed E-state index contributed by atoms with van der Waals surface area (Å²) in [6.07, 6.45) is 6.00. The van der Waals surface area contributed by atoms with E-state index in [1.807, 2.05) is 18.2 Å². The average molecular weight is 343 g/mol. The van der Waals surface area contributed by atoms with E-state index < -0.39 is 0 Å². The number of nitrogens with one attached hydrogen (secondary N) is 1. The number of carbonyl (C=O) groups is 1. The lowest BCUT2D eigenvalue weighted by Gasteiger charge is -2.14. The molecule has 0 bridgehead atoms. The Morgan fingerprint density at radius 2 is 2.17 bits per heavy atom. The zero-order valence-electron chi connectivity index (χ0n) is 13.9. The summed E-state index contributed by atoms with van der Waals surface area (Å²) in [5.41, 5.74) is 0.586. The maximum absolute atomic E-state index is 12.8. The summed E-state index contributed by atoms with van der Waals surface area (Å²) in [6.45, 7) is 5.01. The molecule has 24 heavy (non-hydrogen) atoms. The van der Waals surface area contributed by atoms with Gasteiger partial charge in [0.05, 0.1) is 23.2 Å². The molecule has 1 aromatic heterocycles. The van der Waals surface area contributed by atoms with Gasteiger partial charge in [-0.25, -0.2) is 4.98 Å². The molecule has 1 amide bonds. The lowest BCUT2D eigenvalue weighted by molar-refractivity contribution is -0.118. The minimum absolute atomic E-state index is 0.0622. The van der Waals surface area contributed by atoms with E-state index in [9.17, 15) is 9.59 Å². The van der Waals surface area contributed by atoms with Crippen LogP contribution in [0.1, 0.15) is 20.3 Å². The largest absolute Gasteiger partial charge is 0.344 e. The van der Waals surface area contributed by atoms with Crippen molar-refractivity contribution in [2.45, 2.75) is 32.0 Å². The molecule has 0 fully saturated rings. The number of terminal acetylenes is 1. The molecule has 6 heteroatoms. The summed E-state index contributed by atoms with van der Waals surface area (Å²) < 4.78 is 1.67. The summed E-state index contributed by atoms with van der Waals surface area (Å²) in [4.78, 5) is 29.1. The number of carbonyl (C=O) groups excluding carboxylic acids is 1. The molecule has 0 unspecified atom stereocenters. The van der Waals surface area contributed by atoms with E-state index in [-0.39, 0.29) is 23.8 Å². The van der Waals surface area contributed by atoms with Gasteiger partial charge in [-0.15, -0.1) is 6.42 Å². The molecule has 2 aromatic rings. The average Bonchev–Trinajstić information content (AvgIpc) is 2.57. The molecule has 5 nitrogen and oxygen atoms in total. The molecule has 0 saturated carbocycles. The fourth-order valence-corrected chi connectivity index (χ4v) is 3.03. The Hall–Kier alpha value is -2.26. The third-order valence-electron chi connectivity index (χ3n) is 3.48. The topological polar surface area (TPSA) is 64.0 Å². The Bertz CT molecular complexity index is 821. The van der Waals surface area contributed by atoms with Crippen LogP contribution in [0.2, 0.25) is 0 Å². The molecule has 0 aliphatic carbocycles. The first-order valence-corrected chi connectivity index (χ1v) is 8.84. The summed E-state index contributed by atoms with van der Waals surface area (Å²) in [5, 5.41) is 3.78. The molecule has 0 aliphatic rings. The number of rotatable bonds is 7.